The van der Waals surface area contributed by atoms with Crippen molar-refractivity contribution in [2.45, 2.75) is 37.8 Å². The molecule has 0 spiro atoms. The highest BCUT2D eigenvalue weighted by molar-refractivity contribution is 7.97. The summed E-state index contributed by atoms with van der Waals surface area (Å²) in [5, 5.41) is 3.48. The first-order valence-corrected chi connectivity index (χ1v) is 7.10. The van der Waals surface area contributed by atoms with Gasteiger partial charge >= 0.3 is 0 Å². The molecule has 1 aromatic heterocycles. The van der Waals surface area contributed by atoms with E-state index in [1.165, 1.54) is 0 Å². The van der Waals surface area contributed by atoms with E-state index in [-0.39, 0.29) is 0 Å². The predicted molar refractivity (Wildman–Crippen MR) is 66.6 cm³/mol. The molecule has 90 valence electrons. The highest BCUT2D eigenvalue weighted by Gasteiger charge is 2.23. The highest BCUT2D eigenvalue weighted by Crippen LogP contribution is 2.16. The lowest BCUT2D eigenvalue weighted by atomic mass is 10.1. The number of hydrogen-bond donors (Lipinski definition) is 1. The van der Waals surface area contributed by atoms with Gasteiger partial charge in [-0.15, -0.1) is 0 Å². The Labute approximate surface area is 101 Å². The van der Waals surface area contributed by atoms with E-state index < -0.39 is 0 Å². The van der Waals surface area contributed by atoms with Gasteiger partial charge in [-0.2, -0.15) is 11.8 Å². The zero-order valence-corrected chi connectivity index (χ0v) is 10.7. The fraction of sp³-hybridized carbons (Fsp3) is 0.667. The van der Waals surface area contributed by atoms with E-state index in [9.17, 15) is 0 Å². The molecule has 0 radical (unpaired) electrons. The number of furan rings is 1. The number of thioether (sulfide) groups is 1. The topological polar surface area (TPSA) is 34.4 Å². The summed E-state index contributed by atoms with van der Waals surface area (Å²) in [6.07, 6.45) is 3.50. The van der Waals surface area contributed by atoms with Gasteiger partial charge in [0.2, 0.25) is 0 Å². The maximum absolute atomic E-state index is 5.69. The van der Waals surface area contributed by atoms with Crippen LogP contribution in [0.25, 0.3) is 0 Å². The van der Waals surface area contributed by atoms with Crippen LogP contribution >= 0.6 is 11.8 Å². The lowest BCUT2D eigenvalue weighted by Gasteiger charge is -2.14. The third-order valence-electron chi connectivity index (χ3n) is 2.92. The van der Waals surface area contributed by atoms with E-state index in [4.69, 9.17) is 9.15 Å². The summed E-state index contributed by atoms with van der Waals surface area (Å²) in [5.74, 6) is 3.02. The molecule has 0 bridgehead atoms. The molecule has 1 N–H and O–H groups in total. The molecule has 1 aliphatic heterocycles. The molecule has 0 saturated carbocycles. The van der Waals surface area contributed by atoms with Gasteiger partial charge < -0.3 is 14.5 Å². The average Bonchev–Trinajstić information content (AvgIpc) is 2.86. The van der Waals surface area contributed by atoms with Gasteiger partial charge in [-0.05, 0) is 31.7 Å². The molecule has 2 heterocycles. The van der Waals surface area contributed by atoms with E-state index in [1.54, 1.807) is 11.8 Å². The fourth-order valence-corrected chi connectivity index (χ4v) is 2.41. The molecule has 0 aliphatic carbocycles. The Morgan fingerprint density at radius 1 is 1.44 bits per heavy atom. The van der Waals surface area contributed by atoms with Crippen molar-refractivity contribution < 1.29 is 9.15 Å². The van der Waals surface area contributed by atoms with Gasteiger partial charge in [-0.3, -0.25) is 0 Å². The molecule has 16 heavy (non-hydrogen) atoms. The van der Waals surface area contributed by atoms with Crippen LogP contribution in [0.1, 0.15) is 24.9 Å². The van der Waals surface area contributed by atoms with Crippen LogP contribution in [0.15, 0.2) is 16.5 Å². The van der Waals surface area contributed by atoms with Crippen LogP contribution in [-0.2, 0) is 17.0 Å². The number of rotatable bonds is 5. The zero-order valence-electron chi connectivity index (χ0n) is 9.86. The normalized spacial score (nSPS) is 25.1. The monoisotopic (exact) mass is 241 g/mol. The third-order valence-corrected chi connectivity index (χ3v) is 3.49. The lowest BCUT2D eigenvalue weighted by molar-refractivity contribution is 0.112. The van der Waals surface area contributed by atoms with E-state index in [1.807, 2.05) is 0 Å². The predicted octanol–water partition coefficient (Wildman–Crippen LogP) is 2.41. The van der Waals surface area contributed by atoms with Gasteiger partial charge in [0.1, 0.15) is 11.5 Å². The van der Waals surface area contributed by atoms with Gasteiger partial charge in [0.15, 0.2) is 0 Å². The molecule has 1 aromatic rings. The Kier molecular flexibility index (Phi) is 4.32. The van der Waals surface area contributed by atoms with Crippen molar-refractivity contribution in [3.8, 4) is 0 Å². The first-order valence-electron chi connectivity index (χ1n) is 5.71. The van der Waals surface area contributed by atoms with Crippen molar-refractivity contribution in [3.63, 3.8) is 0 Å². The van der Waals surface area contributed by atoms with Crippen LogP contribution in [0.5, 0.6) is 0 Å². The van der Waals surface area contributed by atoms with E-state index in [2.05, 4.69) is 30.6 Å². The van der Waals surface area contributed by atoms with Crippen molar-refractivity contribution in [2.75, 3.05) is 12.9 Å². The second kappa shape index (κ2) is 5.75. The van der Waals surface area contributed by atoms with Gasteiger partial charge in [0.05, 0.1) is 18.4 Å². The van der Waals surface area contributed by atoms with Crippen molar-refractivity contribution in [3.05, 3.63) is 23.7 Å². The molecule has 0 amide bonds. The number of nitrogens with one attached hydrogen (secondary N) is 1. The fourth-order valence-electron chi connectivity index (χ4n) is 1.97. The average molecular weight is 241 g/mol. The molecule has 3 nitrogen and oxygen atoms in total. The second-order valence-corrected chi connectivity index (χ2v) is 5.02. The Bertz CT molecular complexity index is 327. The first-order chi connectivity index (χ1) is 7.79. The highest BCUT2D eigenvalue weighted by atomic mass is 32.2. The summed E-state index contributed by atoms with van der Waals surface area (Å²) in [6, 6.07) is 4.58. The van der Waals surface area contributed by atoms with Gasteiger partial charge in [0, 0.05) is 12.6 Å². The molecule has 2 unspecified atom stereocenters. The lowest BCUT2D eigenvalue weighted by Crippen LogP contribution is -2.33. The molecular weight excluding hydrogens is 222 g/mol. The minimum Gasteiger partial charge on any atom is -0.464 e. The summed E-state index contributed by atoms with van der Waals surface area (Å²) in [7, 11) is 0. The maximum atomic E-state index is 5.69. The minimum atomic E-state index is 0.320. The molecule has 1 fully saturated rings. The molecular formula is C12H19NO2S. The molecule has 2 atom stereocenters. The van der Waals surface area contributed by atoms with Crippen LogP contribution in [0.4, 0.5) is 0 Å². The molecule has 0 aromatic carbocycles. The first kappa shape index (κ1) is 12.0. The van der Waals surface area contributed by atoms with Crippen LogP contribution < -0.4 is 5.32 Å². The van der Waals surface area contributed by atoms with Crippen LogP contribution in [-0.4, -0.2) is 25.0 Å². The van der Waals surface area contributed by atoms with Crippen LogP contribution in [0.2, 0.25) is 0 Å². The van der Waals surface area contributed by atoms with Crippen molar-refractivity contribution >= 4 is 11.8 Å². The van der Waals surface area contributed by atoms with Gasteiger partial charge in [0.25, 0.3) is 0 Å². The zero-order chi connectivity index (χ0) is 11.4. The maximum Gasteiger partial charge on any atom is 0.118 e. The summed E-state index contributed by atoms with van der Waals surface area (Å²) < 4.78 is 11.2. The Morgan fingerprint density at radius 3 is 2.94 bits per heavy atom. The summed E-state index contributed by atoms with van der Waals surface area (Å²) in [6.45, 7) is 3.79. The van der Waals surface area contributed by atoms with Crippen molar-refractivity contribution in [2.24, 2.45) is 0 Å². The summed E-state index contributed by atoms with van der Waals surface area (Å²) in [5.41, 5.74) is 0. The molecule has 2 rings (SSSR count). The smallest absolute Gasteiger partial charge is 0.118 e. The Morgan fingerprint density at radius 2 is 2.25 bits per heavy atom. The van der Waals surface area contributed by atoms with Gasteiger partial charge in [-0.1, -0.05) is 0 Å². The van der Waals surface area contributed by atoms with Crippen molar-refractivity contribution in [1.29, 1.82) is 0 Å². The summed E-state index contributed by atoms with van der Waals surface area (Å²) in [4.78, 5) is 0. The third kappa shape index (κ3) is 3.03. The van der Waals surface area contributed by atoms with E-state index >= 15 is 0 Å². The van der Waals surface area contributed by atoms with Crippen molar-refractivity contribution in [1.82, 2.24) is 5.32 Å². The molecule has 1 aliphatic rings. The molecule has 1 saturated heterocycles. The summed E-state index contributed by atoms with van der Waals surface area (Å²) >= 11 is 1.78. The largest absolute Gasteiger partial charge is 0.464 e. The van der Waals surface area contributed by atoms with Gasteiger partial charge in [-0.25, -0.2) is 0 Å². The van der Waals surface area contributed by atoms with E-state index in [0.29, 0.717) is 12.1 Å². The quantitative estimate of drug-likeness (QED) is 0.858. The Hall–Kier alpha value is -0.450. The number of hydrogen-bond acceptors (Lipinski definition) is 4. The SMILES string of the molecule is CSCc1ccc(CNC2CCOC2C)o1. The minimum absolute atomic E-state index is 0.320. The standard InChI is InChI=1S/C12H19NO2S/c1-9-12(5-6-14-9)13-7-10-3-4-11(15-10)8-16-2/h3-4,9,12-13H,5-8H2,1-2H3. The Balaban J connectivity index is 1.80. The second-order valence-electron chi connectivity index (χ2n) is 4.15. The molecule has 4 heteroatoms. The van der Waals surface area contributed by atoms with E-state index in [0.717, 1.165) is 36.8 Å². The van der Waals surface area contributed by atoms with Crippen LogP contribution in [0, 0.1) is 0 Å². The number of ether oxygens (including phenoxy) is 1. The van der Waals surface area contributed by atoms with Crippen LogP contribution in [0.3, 0.4) is 0 Å².